The van der Waals surface area contributed by atoms with E-state index in [0.29, 0.717) is 16.2 Å². The standard InChI is InChI=1S/C17H16N6O2S/c1-10-9-12-5-3-4-6-13(12)23-15(10)20-22(17(23)25)8-7-18-16(24)14-11(2)19-21-26-14/h3-6,9H,7-8H2,1-2H3,(H,18,24). The molecule has 0 atom stereocenters. The van der Waals surface area contributed by atoms with E-state index in [2.05, 4.69) is 20.0 Å². The number of pyridine rings is 1. The van der Waals surface area contributed by atoms with Crippen LogP contribution in [-0.2, 0) is 6.54 Å². The number of fused-ring (bicyclic) bond motifs is 3. The second-order valence-electron chi connectivity index (χ2n) is 5.99. The van der Waals surface area contributed by atoms with Crippen molar-refractivity contribution in [2.24, 2.45) is 0 Å². The van der Waals surface area contributed by atoms with E-state index in [1.165, 1.54) is 4.68 Å². The summed E-state index contributed by atoms with van der Waals surface area (Å²) >= 11 is 1.05. The minimum absolute atomic E-state index is 0.218. The van der Waals surface area contributed by atoms with Crippen LogP contribution in [0.25, 0.3) is 16.6 Å². The molecule has 132 valence electrons. The van der Waals surface area contributed by atoms with Gasteiger partial charge in [0.15, 0.2) is 5.65 Å². The number of carbonyl (C=O) groups is 1. The first-order valence-corrected chi connectivity index (χ1v) is 8.88. The predicted octanol–water partition coefficient (Wildman–Crippen LogP) is 1.55. The largest absolute Gasteiger partial charge is 0.350 e. The number of hydrogen-bond donors (Lipinski definition) is 1. The van der Waals surface area contributed by atoms with Gasteiger partial charge in [-0.3, -0.25) is 4.79 Å². The fraction of sp³-hybridized carbons (Fsp3) is 0.235. The Morgan fingerprint density at radius 2 is 2.08 bits per heavy atom. The van der Waals surface area contributed by atoms with Gasteiger partial charge in [0.2, 0.25) is 0 Å². The number of hydrogen-bond acceptors (Lipinski definition) is 6. The molecule has 1 amide bonds. The van der Waals surface area contributed by atoms with Gasteiger partial charge in [0.05, 0.1) is 17.8 Å². The number of amides is 1. The summed E-state index contributed by atoms with van der Waals surface area (Å²) in [5.74, 6) is -0.240. The van der Waals surface area contributed by atoms with Crippen LogP contribution in [0.2, 0.25) is 0 Å². The number of aromatic nitrogens is 5. The Hall–Kier alpha value is -3.07. The molecule has 0 unspecified atom stereocenters. The fourth-order valence-electron chi connectivity index (χ4n) is 2.93. The second kappa shape index (κ2) is 6.34. The average molecular weight is 368 g/mol. The summed E-state index contributed by atoms with van der Waals surface area (Å²) in [5.41, 5.74) is 2.75. The molecule has 8 nitrogen and oxygen atoms in total. The molecule has 0 bridgehead atoms. The van der Waals surface area contributed by atoms with Gasteiger partial charge in [-0.05, 0) is 48.5 Å². The summed E-state index contributed by atoms with van der Waals surface area (Å²) < 4.78 is 6.75. The number of nitrogens with zero attached hydrogens (tertiary/aromatic N) is 5. The van der Waals surface area contributed by atoms with Crippen LogP contribution in [0.3, 0.4) is 0 Å². The third kappa shape index (κ3) is 2.66. The maximum absolute atomic E-state index is 12.8. The van der Waals surface area contributed by atoms with Gasteiger partial charge >= 0.3 is 5.69 Å². The van der Waals surface area contributed by atoms with E-state index in [1.54, 1.807) is 11.3 Å². The lowest BCUT2D eigenvalue weighted by Crippen LogP contribution is -2.31. The van der Waals surface area contributed by atoms with Crippen molar-refractivity contribution < 1.29 is 4.79 Å². The SMILES string of the molecule is Cc1nnsc1C(=O)NCCn1nc2c(C)cc3ccccc3n2c1=O. The third-order valence-corrected chi connectivity index (χ3v) is 5.04. The smallest absolute Gasteiger partial charge is 0.349 e. The Morgan fingerprint density at radius 3 is 2.85 bits per heavy atom. The molecule has 1 N–H and O–H groups in total. The molecule has 0 aliphatic heterocycles. The van der Waals surface area contributed by atoms with Crippen LogP contribution >= 0.6 is 11.5 Å². The molecule has 0 aliphatic rings. The lowest BCUT2D eigenvalue weighted by Gasteiger charge is -2.02. The molecule has 26 heavy (non-hydrogen) atoms. The van der Waals surface area contributed by atoms with E-state index in [4.69, 9.17) is 0 Å². The van der Waals surface area contributed by atoms with E-state index < -0.39 is 0 Å². The number of nitrogens with one attached hydrogen (secondary N) is 1. The fourth-order valence-corrected chi connectivity index (χ4v) is 3.51. The van der Waals surface area contributed by atoms with E-state index in [-0.39, 0.29) is 24.7 Å². The van der Waals surface area contributed by atoms with Crippen molar-refractivity contribution in [2.45, 2.75) is 20.4 Å². The van der Waals surface area contributed by atoms with Crippen molar-refractivity contribution in [1.29, 1.82) is 0 Å². The van der Waals surface area contributed by atoms with E-state index in [9.17, 15) is 9.59 Å². The van der Waals surface area contributed by atoms with Crippen molar-refractivity contribution in [3.8, 4) is 0 Å². The van der Waals surface area contributed by atoms with E-state index in [1.807, 2.05) is 37.3 Å². The molecule has 3 heterocycles. The van der Waals surface area contributed by atoms with Gasteiger partial charge in [-0.15, -0.1) is 10.2 Å². The van der Waals surface area contributed by atoms with Crippen LogP contribution in [0.4, 0.5) is 0 Å². The van der Waals surface area contributed by atoms with Gasteiger partial charge < -0.3 is 5.32 Å². The van der Waals surface area contributed by atoms with E-state index in [0.717, 1.165) is 28.0 Å². The van der Waals surface area contributed by atoms with Crippen molar-refractivity contribution >= 4 is 34.0 Å². The van der Waals surface area contributed by atoms with Crippen LogP contribution < -0.4 is 11.0 Å². The van der Waals surface area contributed by atoms with Gasteiger partial charge in [0, 0.05) is 6.54 Å². The zero-order valence-corrected chi connectivity index (χ0v) is 15.1. The van der Waals surface area contributed by atoms with Gasteiger partial charge in [0.25, 0.3) is 5.91 Å². The third-order valence-electron chi connectivity index (χ3n) is 4.21. The summed E-state index contributed by atoms with van der Waals surface area (Å²) in [5, 5.41) is 12.0. The quantitative estimate of drug-likeness (QED) is 0.590. The molecule has 1 aromatic carbocycles. The Kier molecular flexibility index (Phi) is 4.00. The number of para-hydroxylation sites is 1. The van der Waals surface area contributed by atoms with Gasteiger partial charge in [0.1, 0.15) is 4.88 Å². The summed E-state index contributed by atoms with van der Waals surface area (Å²) in [7, 11) is 0. The average Bonchev–Trinajstić information content (AvgIpc) is 3.20. The Balaban J connectivity index is 1.62. The van der Waals surface area contributed by atoms with Gasteiger partial charge in [-0.25, -0.2) is 13.9 Å². The van der Waals surface area contributed by atoms with Crippen molar-refractivity contribution in [1.82, 2.24) is 29.1 Å². The first-order chi connectivity index (χ1) is 12.6. The van der Waals surface area contributed by atoms with Crippen LogP contribution in [-0.4, -0.2) is 36.2 Å². The Labute approximate surface area is 152 Å². The van der Waals surface area contributed by atoms with Crippen molar-refractivity contribution in [2.75, 3.05) is 6.54 Å². The molecule has 0 spiro atoms. The van der Waals surface area contributed by atoms with Crippen LogP contribution in [0, 0.1) is 13.8 Å². The maximum Gasteiger partial charge on any atom is 0.350 e. The number of carbonyl (C=O) groups excluding carboxylic acids is 1. The predicted molar refractivity (Wildman–Crippen MR) is 98.7 cm³/mol. The molecule has 4 rings (SSSR count). The lowest BCUT2D eigenvalue weighted by atomic mass is 10.1. The van der Waals surface area contributed by atoms with Crippen molar-refractivity contribution in [3.63, 3.8) is 0 Å². The van der Waals surface area contributed by atoms with Crippen LogP contribution in [0.1, 0.15) is 20.9 Å². The van der Waals surface area contributed by atoms with Crippen LogP contribution in [0.5, 0.6) is 0 Å². The molecular weight excluding hydrogens is 352 g/mol. The Bertz CT molecular complexity index is 1190. The summed E-state index contributed by atoms with van der Waals surface area (Å²) in [4.78, 5) is 25.4. The van der Waals surface area contributed by atoms with Crippen LogP contribution in [0.15, 0.2) is 35.1 Å². The Morgan fingerprint density at radius 1 is 1.27 bits per heavy atom. The minimum Gasteiger partial charge on any atom is -0.349 e. The molecule has 0 aliphatic carbocycles. The first-order valence-electron chi connectivity index (χ1n) is 8.11. The number of benzene rings is 1. The topological polar surface area (TPSA) is 94.2 Å². The summed E-state index contributed by atoms with van der Waals surface area (Å²) in [6.45, 7) is 4.24. The zero-order valence-electron chi connectivity index (χ0n) is 14.3. The monoisotopic (exact) mass is 368 g/mol. The normalized spacial score (nSPS) is 11.3. The summed E-state index contributed by atoms with van der Waals surface area (Å²) in [6, 6.07) is 9.72. The molecular formula is C17H16N6O2S. The molecule has 0 saturated carbocycles. The first kappa shape index (κ1) is 16.4. The highest BCUT2D eigenvalue weighted by Crippen LogP contribution is 2.17. The van der Waals surface area contributed by atoms with Crippen molar-refractivity contribution in [3.05, 3.63) is 57.0 Å². The van der Waals surface area contributed by atoms with Gasteiger partial charge in [-0.1, -0.05) is 22.7 Å². The molecule has 3 aromatic heterocycles. The molecule has 0 fully saturated rings. The summed E-state index contributed by atoms with van der Waals surface area (Å²) in [6.07, 6.45) is 0. The highest BCUT2D eigenvalue weighted by Gasteiger charge is 2.14. The molecule has 0 saturated heterocycles. The lowest BCUT2D eigenvalue weighted by molar-refractivity contribution is 0.0955. The maximum atomic E-state index is 12.8. The molecule has 0 radical (unpaired) electrons. The number of aryl methyl sites for hydroxylation is 2. The van der Waals surface area contributed by atoms with E-state index >= 15 is 0 Å². The second-order valence-corrected chi connectivity index (χ2v) is 6.75. The number of rotatable bonds is 4. The zero-order chi connectivity index (χ0) is 18.3. The highest BCUT2D eigenvalue weighted by molar-refractivity contribution is 7.07. The molecule has 9 heteroatoms. The van der Waals surface area contributed by atoms with Gasteiger partial charge in [-0.2, -0.15) is 0 Å². The minimum atomic E-state index is -0.240. The molecule has 4 aromatic rings. The highest BCUT2D eigenvalue weighted by atomic mass is 32.1.